The molecule has 1 atom stereocenters. The van der Waals surface area contributed by atoms with Crippen LogP contribution >= 0.6 is 0 Å². The van der Waals surface area contributed by atoms with Crippen molar-refractivity contribution in [1.29, 1.82) is 0 Å². The topological polar surface area (TPSA) is 110 Å². The summed E-state index contributed by atoms with van der Waals surface area (Å²) in [5, 5.41) is 22.4. The second kappa shape index (κ2) is 17.3. The van der Waals surface area contributed by atoms with E-state index in [9.17, 15) is 24.8 Å². The number of likely N-dealkylation sites (tertiary alicyclic amines) is 1. The molecule has 0 radical (unpaired) electrons. The molecule has 8 nitrogen and oxygen atoms in total. The van der Waals surface area contributed by atoms with E-state index >= 15 is 0 Å². The summed E-state index contributed by atoms with van der Waals surface area (Å²) in [6.45, 7) is 2.61. The molecule has 0 aliphatic carbocycles. The van der Waals surface area contributed by atoms with Crippen LogP contribution in [0.5, 0.6) is 5.75 Å². The number of hydrogen-bond acceptors (Lipinski definition) is 6. The van der Waals surface area contributed by atoms with Crippen molar-refractivity contribution in [2.75, 3.05) is 13.7 Å². The summed E-state index contributed by atoms with van der Waals surface area (Å²) in [5.74, 6) is -1.10. The normalized spacial score (nSPS) is 16.2. The first kappa shape index (κ1) is 32.8. The van der Waals surface area contributed by atoms with E-state index in [1.54, 1.807) is 36.4 Å². The van der Waals surface area contributed by atoms with Crippen LogP contribution in [0.3, 0.4) is 0 Å². The first-order valence-corrected chi connectivity index (χ1v) is 15.6. The van der Waals surface area contributed by atoms with Crippen LogP contribution in [0.4, 0.5) is 5.69 Å². The number of aliphatic hydroxyl groups is 1. The van der Waals surface area contributed by atoms with Crippen LogP contribution in [0.15, 0.2) is 54.1 Å². The Morgan fingerprint density at radius 3 is 1.79 bits per heavy atom. The molecule has 1 unspecified atom stereocenters. The smallest absolute Gasteiger partial charge is 0.295 e. The van der Waals surface area contributed by atoms with E-state index in [0.29, 0.717) is 23.4 Å². The molecule has 0 spiro atoms. The number of ether oxygens (including phenoxy) is 1. The van der Waals surface area contributed by atoms with E-state index in [-0.39, 0.29) is 17.0 Å². The molecule has 42 heavy (non-hydrogen) atoms. The first-order chi connectivity index (χ1) is 20.4. The molecule has 0 bridgehead atoms. The lowest BCUT2D eigenvalue weighted by Gasteiger charge is -2.25. The average molecular weight is 579 g/mol. The molecule has 1 fully saturated rings. The highest BCUT2D eigenvalue weighted by atomic mass is 16.6. The van der Waals surface area contributed by atoms with E-state index < -0.39 is 22.7 Å². The van der Waals surface area contributed by atoms with Gasteiger partial charge in [-0.25, -0.2) is 0 Å². The minimum atomic E-state index is -0.824. The Labute approximate surface area is 249 Å². The molecule has 1 amide bonds. The van der Waals surface area contributed by atoms with Gasteiger partial charge in [0.1, 0.15) is 11.5 Å². The van der Waals surface area contributed by atoms with Crippen molar-refractivity contribution in [3.63, 3.8) is 0 Å². The van der Waals surface area contributed by atoms with Crippen molar-refractivity contribution < 1.29 is 24.4 Å². The van der Waals surface area contributed by atoms with Crippen LogP contribution in [0.1, 0.15) is 114 Å². The number of rotatable bonds is 19. The largest absolute Gasteiger partial charge is 0.507 e. The SMILES string of the molecule is CCCCCCCCCCCCCCCCN1C(=O)C(=O)/C(=C(/O)c2ccc(OC)cc2)C1c1ccc([N+](=O)[O-])cc1. The number of carbonyl (C=O) groups excluding carboxylic acids is 2. The average Bonchev–Trinajstić information content (AvgIpc) is 3.26. The van der Waals surface area contributed by atoms with Crippen LogP contribution in [-0.2, 0) is 9.59 Å². The zero-order chi connectivity index (χ0) is 30.3. The molecule has 8 heteroatoms. The Hall–Kier alpha value is -3.68. The van der Waals surface area contributed by atoms with Crippen LogP contribution in [0.25, 0.3) is 5.76 Å². The van der Waals surface area contributed by atoms with Crippen LogP contribution in [-0.4, -0.2) is 40.3 Å². The minimum Gasteiger partial charge on any atom is -0.507 e. The molecule has 1 N–H and O–H groups in total. The molecule has 1 saturated heterocycles. The van der Waals surface area contributed by atoms with Gasteiger partial charge in [0.15, 0.2) is 0 Å². The lowest BCUT2D eigenvalue weighted by atomic mass is 9.95. The van der Waals surface area contributed by atoms with Gasteiger partial charge in [0.05, 0.1) is 23.6 Å². The molecule has 228 valence electrons. The van der Waals surface area contributed by atoms with E-state index in [1.807, 2.05) is 0 Å². The van der Waals surface area contributed by atoms with Gasteiger partial charge in [-0.15, -0.1) is 0 Å². The van der Waals surface area contributed by atoms with Crippen molar-refractivity contribution >= 4 is 23.1 Å². The zero-order valence-electron chi connectivity index (χ0n) is 25.2. The number of methoxy groups -OCH3 is 1. The van der Waals surface area contributed by atoms with Gasteiger partial charge in [0.2, 0.25) is 0 Å². The molecular formula is C34H46N2O6. The highest BCUT2D eigenvalue weighted by molar-refractivity contribution is 6.46. The zero-order valence-corrected chi connectivity index (χ0v) is 25.2. The van der Waals surface area contributed by atoms with Crippen molar-refractivity contribution in [3.05, 3.63) is 75.3 Å². The number of non-ortho nitro benzene ring substituents is 1. The van der Waals surface area contributed by atoms with Crippen LogP contribution in [0.2, 0.25) is 0 Å². The summed E-state index contributed by atoms with van der Waals surface area (Å²) < 4.78 is 5.18. The standard InChI is InChI=1S/C34H46N2O6/c1-3-4-5-6-7-8-9-10-11-12-13-14-15-16-25-35-31(26-17-21-28(22-18-26)36(40)41)30(33(38)34(35)39)32(37)27-19-23-29(42-2)24-20-27/h17-24,31,37H,3-16,25H2,1-2H3/b32-30+. The molecule has 1 heterocycles. The van der Waals surface area contributed by atoms with Gasteiger partial charge in [-0.3, -0.25) is 19.7 Å². The molecular weight excluding hydrogens is 532 g/mol. The molecule has 2 aromatic rings. The summed E-state index contributed by atoms with van der Waals surface area (Å²) in [5.41, 5.74) is 0.833. The van der Waals surface area contributed by atoms with Gasteiger partial charge in [-0.05, 0) is 48.4 Å². The number of aliphatic hydroxyl groups excluding tert-OH is 1. The maximum absolute atomic E-state index is 13.2. The summed E-state index contributed by atoms with van der Waals surface area (Å²) >= 11 is 0. The third-order valence-electron chi connectivity index (χ3n) is 8.08. The Kier molecular flexibility index (Phi) is 13.5. The molecule has 2 aromatic carbocycles. The summed E-state index contributed by atoms with van der Waals surface area (Å²) in [4.78, 5) is 38.6. The van der Waals surface area contributed by atoms with Crippen LogP contribution < -0.4 is 4.74 Å². The van der Waals surface area contributed by atoms with Crippen molar-refractivity contribution in [3.8, 4) is 5.75 Å². The van der Waals surface area contributed by atoms with E-state index in [1.165, 1.54) is 88.4 Å². The Bertz CT molecular complexity index is 1190. The minimum absolute atomic E-state index is 0.00983. The number of Topliss-reactive ketones (excluding diaryl/α,β-unsaturated/α-hetero) is 1. The number of ketones is 1. The fraction of sp³-hybridized carbons (Fsp3) is 0.529. The summed E-state index contributed by atoms with van der Waals surface area (Å²) in [6.07, 6.45) is 17.0. The second-order valence-corrected chi connectivity index (χ2v) is 11.2. The number of hydrogen-bond donors (Lipinski definition) is 1. The lowest BCUT2D eigenvalue weighted by molar-refractivity contribution is -0.384. The van der Waals surface area contributed by atoms with Gasteiger partial charge in [0.25, 0.3) is 17.4 Å². The number of carbonyl (C=O) groups is 2. The molecule has 1 aliphatic heterocycles. The number of nitrogens with zero attached hydrogens (tertiary/aromatic N) is 2. The molecule has 0 saturated carbocycles. The summed E-state index contributed by atoms with van der Waals surface area (Å²) in [6, 6.07) is 11.6. The van der Waals surface area contributed by atoms with Crippen molar-refractivity contribution in [2.24, 2.45) is 0 Å². The van der Waals surface area contributed by atoms with Crippen molar-refractivity contribution in [2.45, 2.75) is 103 Å². The summed E-state index contributed by atoms with van der Waals surface area (Å²) in [7, 11) is 1.53. The lowest BCUT2D eigenvalue weighted by Crippen LogP contribution is -2.30. The fourth-order valence-corrected chi connectivity index (χ4v) is 5.62. The Balaban J connectivity index is 1.59. The van der Waals surface area contributed by atoms with Gasteiger partial charge >= 0.3 is 0 Å². The second-order valence-electron chi connectivity index (χ2n) is 11.2. The van der Waals surface area contributed by atoms with Gasteiger partial charge < -0.3 is 14.7 Å². The van der Waals surface area contributed by atoms with E-state index in [2.05, 4.69) is 6.92 Å². The Morgan fingerprint density at radius 1 is 0.810 bits per heavy atom. The highest BCUT2D eigenvalue weighted by Gasteiger charge is 2.45. The molecule has 3 rings (SSSR count). The van der Waals surface area contributed by atoms with Crippen molar-refractivity contribution in [1.82, 2.24) is 4.90 Å². The third kappa shape index (κ3) is 9.16. The Morgan fingerprint density at radius 2 is 1.31 bits per heavy atom. The predicted octanol–water partition coefficient (Wildman–Crippen LogP) is 8.51. The van der Waals surface area contributed by atoms with E-state index in [4.69, 9.17) is 4.74 Å². The molecule has 1 aliphatic rings. The highest BCUT2D eigenvalue weighted by Crippen LogP contribution is 2.40. The fourth-order valence-electron chi connectivity index (χ4n) is 5.62. The quantitative estimate of drug-likeness (QED) is 0.0447. The molecule has 0 aromatic heterocycles. The van der Waals surface area contributed by atoms with Gasteiger partial charge in [-0.2, -0.15) is 0 Å². The maximum Gasteiger partial charge on any atom is 0.295 e. The number of nitro groups is 1. The van der Waals surface area contributed by atoms with Crippen LogP contribution in [0, 0.1) is 10.1 Å². The van der Waals surface area contributed by atoms with Gasteiger partial charge in [-0.1, -0.05) is 90.4 Å². The van der Waals surface area contributed by atoms with E-state index in [0.717, 1.165) is 25.7 Å². The van der Waals surface area contributed by atoms with Gasteiger partial charge in [0, 0.05) is 24.2 Å². The number of amides is 1. The third-order valence-corrected chi connectivity index (χ3v) is 8.08. The number of benzene rings is 2. The number of nitro benzene ring substituents is 1. The number of unbranched alkanes of at least 4 members (excludes halogenated alkanes) is 13. The maximum atomic E-state index is 13.2. The monoisotopic (exact) mass is 578 g/mol. The predicted molar refractivity (Wildman–Crippen MR) is 165 cm³/mol. The first-order valence-electron chi connectivity index (χ1n) is 15.6.